The molecule has 1 fully saturated rings. The summed E-state index contributed by atoms with van der Waals surface area (Å²) in [6.45, 7) is 2.04. The minimum atomic E-state index is -3.70. The van der Waals surface area contributed by atoms with Crippen molar-refractivity contribution in [3.05, 3.63) is 59.9 Å². The van der Waals surface area contributed by atoms with Gasteiger partial charge >= 0.3 is 0 Å². The van der Waals surface area contributed by atoms with Gasteiger partial charge in [0, 0.05) is 18.4 Å². The number of carbonyl (C=O) groups excluding carboxylic acids is 1. The molecule has 1 aromatic carbocycles. The normalized spacial score (nSPS) is 21.5. The summed E-state index contributed by atoms with van der Waals surface area (Å²) >= 11 is 0. The maximum Gasteiger partial charge on any atom is 0.240 e. The molecule has 3 N–H and O–H groups in total. The van der Waals surface area contributed by atoms with Crippen LogP contribution in [0.1, 0.15) is 30.5 Å². The van der Waals surface area contributed by atoms with Crippen LogP contribution in [0.4, 0.5) is 0 Å². The molecular weight excluding hydrogens is 418 g/mol. The number of nitrogens with one attached hydrogen (secondary N) is 2. The van der Waals surface area contributed by atoms with E-state index >= 15 is 0 Å². The van der Waals surface area contributed by atoms with E-state index in [4.69, 9.17) is 4.74 Å². The summed E-state index contributed by atoms with van der Waals surface area (Å²) in [6.07, 6.45) is 2.83. The highest BCUT2D eigenvalue weighted by atomic mass is 32.2. The van der Waals surface area contributed by atoms with Gasteiger partial charge in [-0.15, -0.1) is 0 Å². The first-order valence-corrected chi connectivity index (χ1v) is 11.9. The summed E-state index contributed by atoms with van der Waals surface area (Å²) in [5, 5.41) is 12.6. The summed E-state index contributed by atoms with van der Waals surface area (Å²) in [6, 6.07) is 11.5. The molecule has 1 aromatic heterocycles. The molecule has 0 spiro atoms. The van der Waals surface area contributed by atoms with Crippen molar-refractivity contribution in [2.24, 2.45) is 0 Å². The zero-order valence-corrected chi connectivity index (χ0v) is 18.3. The molecule has 1 aliphatic heterocycles. The topological polar surface area (TPSA) is 118 Å². The summed E-state index contributed by atoms with van der Waals surface area (Å²) < 4.78 is 33.9. The lowest BCUT2D eigenvalue weighted by atomic mass is 9.98. The van der Waals surface area contributed by atoms with E-state index in [0.717, 1.165) is 5.56 Å². The van der Waals surface area contributed by atoms with Crippen molar-refractivity contribution in [1.82, 2.24) is 15.0 Å². The predicted octanol–water partition coefficient (Wildman–Crippen LogP) is 1.33. The SMILES string of the molecule is Cc1ccc(S(=O)(=O)N[C@H]2CC[C@H](CCNC(=O)Cc3ccccn3)O[C@@H]2CO)cc1. The third kappa shape index (κ3) is 6.83. The number of amides is 1. The largest absolute Gasteiger partial charge is 0.394 e. The Balaban J connectivity index is 1.46. The van der Waals surface area contributed by atoms with Crippen LogP contribution < -0.4 is 10.0 Å². The molecule has 0 aliphatic carbocycles. The van der Waals surface area contributed by atoms with Crippen molar-refractivity contribution in [3.8, 4) is 0 Å². The smallest absolute Gasteiger partial charge is 0.240 e. The third-order valence-electron chi connectivity index (χ3n) is 5.29. The molecule has 8 nitrogen and oxygen atoms in total. The molecule has 168 valence electrons. The molecule has 1 saturated heterocycles. The summed E-state index contributed by atoms with van der Waals surface area (Å²) in [4.78, 5) is 16.3. The second kappa shape index (κ2) is 10.8. The first kappa shape index (κ1) is 23.3. The number of hydrogen-bond acceptors (Lipinski definition) is 6. The monoisotopic (exact) mass is 447 g/mol. The van der Waals surface area contributed by atoms with Gasteiger partial charge in [-0.2, -0.15) is 0 Å². The quantitative estimate of drug-likeness (QED) is 0.534. The average molecular weight is 448 g/mol. The van der Waals surface area contributed by atoms with Crippen molar-refractivity contribution >= 4 is 15.9 Å². The summed E-state index contributed by atoms with van der Waals surface area (Å²) in [5.74, 6) is -0.114. The lowest BCUT2D eigenvalue weighted by molar-refractivity contribution is -0.121. The molecule has 2 aromatic rings. The number of aliphatic hydroxyl groups is 1. The van der Waals surface area contributed by atoms with Gasteiger partial charge in [-0.3, -0.25) is 9.78 Å². The van der Waals surface area contributed by atoms with Crippen LogP contribution in [0.3, 0.4) is 0 Å². The minimum absolute atomic E-state index is 0.114. The van der Waals surface area contributed by atoms with Crippen LogP contribution in [0.5, 0.6) is 0 Å². The van der Waals surface area contributed by atoms with Crippen LogP contribution >= 0.6 is 0 Å². The van der Waals surface area contributed by atoms with E-state index in [1.807, 2.05) is 13.0 Å². The lowest BCUT2D eigenvalue weighted by Crippen LogP contribution is -2.51. The molecule has 0 saturated carbocycles. The van der Waals surface area contributed by atoms with Gasteiger partial charge in [-0.1, -0.05) is 23.8 Å². The Kier molecular flexibility index (Phi) is 8.14. The fraction of sp³-hybridized carbons (Fsp3) is 0.455. The second-order valence-electron chi connectivity index (χ2n) is 7.73. The molecule has 0 radical (unpaired) electrons. The van der Waals surface area contributed by atoms with E-state index in [0.29, 0.717) is 31.5 Å². The molecule has 31 heavy (non-hydrogen) atoms. The predicted molar refractivity (Wildman–Crippen MR) is 116 cm³/mol. The van der Waals surface area contributed by atoms with Crippen LogP contribution in [-0.2, 0) is 26.0 Å². The number of hydrogen-bond donors (Lipinski definition) is 3. The Hall–Kier alpha value is -2.33. The Labute approximate surface area is 183 Å². The highest BCUT2D eigenvalue weighted by Crippen LogP contribution is 2.23. The highest BCUT2D eigenvalue weighted by Gasteiger charge is 2.33. The van der Waals surface area contributed by atoms with Gasteiger partial charge in [0.2, 0.25) is 15.9 Å². The van der Waals surface area contributed by atoms with E-state index < -0.39 is 22.2 Å². The van der Waals surface area contributed by atoms with Crippen molar-refractivity contribution in [3.63, 3.8) is 0 Å². The van der Waals surface area contributed by atoms with E-state index in [2.05, 4.69) is 15.0 Å². The maximum absolute atomic E-state index is 12.7. The molecule has 1 aliphatic rings. The van der Waals surface area contributed by atoms with Gasteiger partial charge < -0.3 is 15.2 Å². The standard InChI is InChI=1S/C22H29N3O5S/c1-16-5-8-19(9-6-16)31(28,29)25-20-10-7-18(30-21(20)15-26)11-13-24-22(27)14-17-4-2-3-12-23-17/h2-6,8-9,12,18,20-21,25-26H,7,10-11,13-15H2,1H3,(H,24,27)/t18-,20+,21-/m1/s1. The molecule has 0 bridgehead atoms. The van der Waals surface area contributed by atoms with Crippen LogP contribution in [0.2, 0.25) is 0 Å². The number of benzene rings is 1. The number of aliphatic hydroxyl groups excluding tert-OH is 1. The van der Waals surface area contributed by atoms with E-state index in [9.17, 15) is 18.3 Å². The van der Waals surface area contributed by atoms with Gasteiger partial charge in [0.05, 0.1) is 36.2 Å². The number of aromatic nitrogens is 1. The highest BCUT2D eigenvalue weighted by molar-refractivity contribution is 7.89. The lowest BCUT2D eigenvalue weighted by Gasteiger charge is -2.36. The zero-order chi connectivity index (χ0) is 22.3. The summed E-state index contributed by atoms with van der Waals surface area (Å²) in [5.41, 5.74) is 1.68. The van der Waals surface area contributed by atoms with Crippen molar-refractivity contribution in [1.29, 1.82) is 0 Å². The first-order valence-electron chi connectivity index (χ1n) is 10.4. The van der Waals surface area contributed by atoms with E-state index in [-0.39, 0.29) is 29.9 Å². The Morgan fingerprint density at radius 2 is 1.97 bits per heavy atom. The zero-order valence-electron chi connectivity index (χ0n) is 17.5. The Bertz CT molecular complexity index is 951. The van der Waals surface area contributed by atoms with E-state index in [1.54, 1.807) is 42.6 Å². The Morgan fingerprint density at radius 1 is 1.19 bits per heavy atom. The molecule has 2 heterocycles. The van der Waals surface area contributed by atoms with Crippen molar-refractivity contribution in [2.45, 2.75) is 55.8 Å². The van der Waals surface area contributed by atoms with Crippen LogP contribution in [-0.4, -0.2) is 55.8 Å². The molecule has 9 heteroatoms. The fourth-order valence-electron chi connectivity index (χ4n) is 3.57. The number of nitrogens with zero attached hydrogens (tertiary/aromatic N) is 1. The van der Waals surface area contributed by atoms with Crippen LogP contribution in [0.25, 0.3) is 0 Å². The fourth-order valence-corrected chi connectivity index (χ4v) is 4.86. The number of ether oxygens (including phenoxy) is 1. The molecule has 3 rings (SSSR count). The minimum Gasteiger partial charge on any atom is -0.394 e. The molecule has 1 amide bonds. The van der Waals surface area contributed by atoms with E-state index in [1.165, 1.54) is 0 Å². The molecule has 3 atom stereocenters. The maximum atomic E-state index is 12.7. The van der Waals surface area contributed by atoms with Gasteiger partial charge in [0.25, 0.3) is 0 Å². The van der Waals surface area contributed by atoms with Gasteiger partial charge in [-0.25, -0.2) is 13.1 Å². The average Bonchev–Trinajstić information content (AvgIpc) is 2.75. The number of sulfonamides is 1. The van der Waals surface area contributed by atoms with Crippen molar-refractivity contribution < 1.29 is 23.1 Å². The second-order valence-corrected chi connectivity index (χ2v) is 9.45. The molecule has 0 unspecified atom stereocenters. The van der Waals surface area contributed by atoms with Gasteiger partial charge in [0.1, 0.15) is 0 Å². The number of aryl methyl sites for hydroxylation is 1. The number of carbonyl (C=O) groups is 1. The first-order chi connectivity index (χ1) is 14.9. The van der Waals surface area contributed by atoms with Crippen molar-refractivity contribution in [2.75, 3.05) is 13.2 Å². The van der Waals surface area contributed by atoms with Gasteiger partial charge in [0.15, 0.2) is 0 Å². The van der Waals surface area contributed by atoms with Gasteiger partial charge in [-0.05, 0) is 50.5 Å². The molecular formula is C22H29N3O5S. The third-order valence-corrected chi connectivity index (χ3v) is 6.80. The Morgan fingerprint density at radius 3 is 2.65 bits per heavy atom. The summed E-state index contributed by atoms with van der Waals surface area (Å²) in [7, 11) is -3.70. The van der Waals surface area contributed by atoms with Crippen LogP contribution in [0.15, 0.2) is 53.6 Å². The number of pyridine rings is 1. The van der Waals surface area contributed by atoms with Crippen LogP contribution in [0, 0.1) is 6.92 Å². The number of rotatable bonds is 9.